The van der Waals surface area contributed by atoms with Crippen LogP contribution in [0.15, 0.2) is 0 Å². The predicted octanol–water partition coefficient (Wildman–Crippen LogP) is 6.69. The Morgan fingerprint density at radius 1 is 0.571 bits per heavy atom. The highest BCUT2D eigenvalue weighted by Crippen LogP contribution is 2.34. The van der Waals surface area contributed by atoms with E-state index in [1.807, 2.05) is 0 Å². The minimum absolute atomic E-state index is 0.728. The molecule has 3 aliphatic carbocycles. The molecule has 28 heavy (non-hydrogen) atoms. The molecule has 3 rings (SSSR count). The minimum Gasteiger partial charge on any atom is -0.310 e. The molecule has 4 unspecified atom stereocenters. The van der Waals surface area contributed by atoms with Crippen molar-refractivity contribution in [3.63, 3.8) is 0 Å². The van der Waals surface area contributed by atoms with Crippen LogP contribution in [-0.2, 0) is 0 Å². The maximum absolute atomic E-state index is 4.15. The molecule has 0 saturated heterocycles. The third-order valence-electron chi connectivity index (χ3n) is 9.11. The number of hydrogen-bond acceptors (Lipinski definition) is 2. The molecule has 2 N–H and O–H groups in total. The molecule has 3 aliphatic rings. The Balaban J connectivity index is 1.43. The van der Waals surface area contributed by atoms with Crippen molar-refractivity contribution in [2.45, 2.75) is 142 Å². The highest BCUT2D eigenvalue weighted by molar-refractivity contribution is 4.93. The summed E-state index contributed by atoms with van der Waals surface area (Å²) in [5.74, 6) is 3.83. The maximum Gasteiger partial charge on any atom is 0.0223 e. The van der Waals surface area contributed by atoms with Gasteiger partial charge in [-0.25, -0.2) is 0 Å². The number of rotatable bonds is 8. The molecule has 0 heterocycles. The van der Waals surface area contributed by atoms with E-state index in [0.717, 1.165) is 47.8 Å². The summed E-state index contributed by atoms with van der Waals surface area (Å²) in [4.78, 5) is 0. The standard InChI is InChI=1S/C26H50N2/c1-5-19(3)21-11-15-23(16-12-21)27-25-9-7-8-10-26(25)28-24-17-13-22(14-18-24)20(4)6-2/h19-28H,5-18H2,1-4H3. The van der Waals surface area contributed by atoms with E-state index in [4.69, 9.17) is 0 Å². The van der Waals surface area contributed by atoms with E-state index in [1.165, 1.54) is 89.9 Å². The third-order valence-corrected chi connectivity index (χ3v) is 9.11. The topological polar surface area (TPSA) is 24.1 Å². The lowest BCUT2D eigenvalue weighted by Gasteiger charge is -2.41. The second-order valence-corrected chi connectivity index (χ2v) is 10.8. The van der Waals surface area contributed by atoms with Crippen LogP contribution in [0.3, 0.4) is 0 Å². The average molecular weight is 391 g/mol. The lowest BCUT2D eigenvalue weighted by atomic mass is 9.77. The molecule has 0 aromatic carbocycles. The molecule has 0 amide bonds. The van der Waals surface area contributed by atoms with Crippen LogP contribution in [0, 0.1) is 23.7 Å². The highest BCUT2D eigenvalue weighted by Gasteiger charge is 2.32. The van der Waals surface area contributed by atoms with Gasteiger partial charge in [-0.15, -0.1) is 0 Å². The van der Waals surface area contributed by atoms with Gasteiger partial charge in [-0.1, -0.05) is 53.4 Å². The lowest BCUT2D eigenvalue weighted by molar-refractivity contribution is 0.169. The summed E-state index contributed by atoms with van der Waals surface area (Å²) in [5, 5.41) is 8.30. The van der Waals surface area contributed by atoms with Gasteiger partial charge in [0.1, 0.15) is 0 Å². The Kier molecular flexibility index (Phi) is 9.16. The molecule has 0 spiro atoms. The van der Waals surface area contributed by atoms with Gasteiger partial charge in [0.25, 0.3) is 0 Å². The summed E-state index contributed by atoms with van der Waals surface area (Å²) in [5.41, 5.74) is 0. The first kappa shape index (κ1) is 22.6. The molecule has 2 nitrogen and oxygen atoms in total. The summed E-state index contributed by atoms with van der Waals surface area (Å²) in [6.07, 6.45) is 19.8. The van der Waals surface area contributed by atoms with Crippen molar-refractivity contribution in [2.24, 2.45) is 23.7 Å². The van der Waals surface area contributed by atoms with E-state index >= 15 is 0 Å². The van der Waals surface area contributed by atoms with E-state index in [0.29, 0.717) is 0 Å². The fourth-order valence-electron chi connectivity index (χ4n) is 6.51. The van der Waals surface area contributed by atoms with Gasteiger partial charge in [0.2, 0.25) is 0 Å². The fraction of sp³-hybridized carbons (Fsp3) is 1.00. The Hall–Kier alpha value is -0.0800. The molecule has 3 fully saturated rings. The zero-order chi connectivity index (χ0) is 19.9. The molecule has 0 aromatic rings. The fourth-order valence-corrected chi connectivity index (χ4v) is 6.51. The molecule has 0 aliphatic heterocycles. The van der Waals surface area contributed by atoms with Crippen LogP contribution in [0.2, 0.25) is 0 Å². The van der Waals surface area contributed by atoms with Crippen molar-refractivity contribution in [3.8, 4) is 0 Å². The quantitative estimate of drug-likeness (QED) is 0.482. The Labute approximate surface area is 176 Å². The molecule has 0 aromatic heterocycles. The molecule has 3 saturated carbocycles. The number of nitrogens with one attached hydrogen (secondary N) is 2. The van der Waals surface area contributed by atoms with Gasteiger partial charge < -0.3 is 10.6 Å². The SMILES string of the molecule is CCC(C)C1CCC(NC2CCCCC2NC2CCC(C(C)CC)CC2)CC1. The van der Waals surface area contributed by atoms with Gasteiger partial charge in [-0.3, -0.25) is 0 Å². The smallest absolute Gasteiger partial charge is 0.0223 e. The van der Waals surface area contributed by atoms with E-state index < -0.39 is 0 Å². The molecule has 0 radical (unpaired) electrons. The zero-order valence-electron chi connectivity index (χ0n) is 19.5. The summed E-state index contributed by atoms with van der Waals surface area (Å²) in [7, 11) is 0. The molecule has 4 atom stereocenters. The Morgan fingerprint density at radius 2 is 0.929 bits per heavy atom. The van der Waals surface area contributed by atoms with Gasteiger partial charge in [0.15, 0.2) is 0 Å². The molecular formula is C26H50N2. The van der Waals surface area contributed by atoms with Crippen molar-refractivity contribution in [3.05, 3.63) is 0 Å². The van der Waals surface area contributed by atoms with Crippen LogP contribution >= 0.6 is 0 Å². The third kappa shape index (κ3) is 6.21. The summed E-state index contributed by atoms with van der Waals surface area (Å²) >= 11 is 0. The van der Waals surface area contributed by atoms with E-state index in [1.54, 1.807) is 0 Å². The largest absolute Gasteiger partial charge is 0.310 e. The molecular weight excluding hydrogens is 340 g/mol. The second kappa shape index (κ2) is 11.3. The van der Waals surface area contributed by atoms with Crippen LogP contribution in [0.1, 0.15) is 118 Å². The monoisotopic (exact) mass is 390 g/mol. The first-order chi connectivity index (χ1) is 13.6. The van der Waals surface area contributed by atoms with Crippen LogP contribution in [-0.4, -0.2) is 24.2 Å². The molecule has 2 heteroatoms. The Bertz CT molecular complexity index is 380. The van der Waals surface area contributed by atoms with Crippen molar-refractivity contribution >= 4 is 0 Å². The summed E-state index contributed by atoms with van der Waals surface area (Å²) < 4.78 is 0. The van der Waals surface area contributed by atoms with Crippen molar-refractivity contribution in [2.75, 3.05) is 0 Å². The van der Waals surface area contributed by atoms with Gasteiger partial charge in [0.05, 0.1) is 0 Å². The first-order valence-corrected chi connectivity index (χ1v) is 13.1. The number of hydrogen-bond donors (Lipinski definition) is 2. The molecule has 0 bridgehead atoms. The maximum atomic E-state index is 4.15. The van der Waals surface area contributed by atoms with E-state index in [-0.39, 0.29) is 0 Å². The normalized spacial score (nSPS) is 39.4. The second-order valence-electron chi connectivity index (χ2n) is 10.8. The van der Waals surface area contributed by atoms with Gasteiger partial charge in [0, 0.05) is 24.2 Å². The van der Waals surface area contributed by atoms with Crippen molar-refractivity contribution < 1.29 is 0 Å². The summed E-state index contributed by atoms with van der Waals surface area (Å²) in [6.45, 7) is 9.67. The highest BCUT2D eigenvalue weighted by atomic mass is 15.1. The average Bonchev–Trinajstić information content (AvgIpc) is 2.75. The van der Waals surface area contributed by atoms with Gasteiger partial charge in [-0.05, 0) is 87.9 Å². The molecule has 164 valence electrons. The summed E-state index contributed by atoms with van der Waals surface area (Å²) in [6, 6.07) is 3.03. The van der Waals surface area contributed by atoms with Gasteiger partial charge in [-0.2, -0.15) is 0 Å². The van der Waals surface area contributed by atoms with Gasteiger partial charge >= 0.3 is 0 Å². The van der Waals surface area contributed by atoms with Crippen molar-refractivity contribution in [1.29, 1.82) is 0 Å². The van der Waals surface area contributed by atoms with E-state index in [2.05, 4.69) is 38.3 Å². The van der Waals surface area contributed by atoms with Crippen molar-refractivity contribution in [1.82, 2.24) is 10.6 Å². The van der Waals surface area contributed by atoms with Crippen LogP contribution < -0.4 is 10.6 Å². The van der Waals surface area contributed by atoms with Crippen LogP contribution in [0.4, 0.5) is 0 Å². The first-order valence-electron chi connectivity index (χ1n) is 13.1. The zero-order valence-corrected chi connectivity index (χ0v) is 19.5. The van der Waals surface area contributed by atoms with Crippen LogP contribution in [0.25, 0.3) is 0 Å². The Morgan fingerprint density at radius 3 is 1.25 bits per heavy atom. The minimum atomic E-state index is 0.728. The predicted molar refractivity (Wildman–Crippen MR) is 123 cm³/mol. The van der Waals surface area contributed by atoms with E-state index in [9.17, 15) is 0 Å². The van der Waals surface area contributed by atoms with Crippen LogP contribution in [0.5, 0.6) is 0 Å². The lowest BCUT2D eigenvalue weighted by Crippen LogP contribution is -2.56.